The fraction of sp³-hybridized carbons (Fsp3) is 0.391. The third-order valence-electron chi connectivity index (χ3n) is 4.64. The smallest absolute Gasteiger partial charge is 0.104 e. The molecule has 2 unspecified atom stereocenters. The van der Waals surface area contributed by atoms with Crippen molar-refractivity contribution in [2.24, 2.45) is 0 Å². The summed E-state index contributed by atoms with van der Waals surface area (Å²) in [6.45, 7) is 7.85. The molecule has 26 heavy (non-hydrogen) atoms. The van der Waals surface area contributed by atoms with E-state index in [0.717, 1.165) is 30.4 Å². The first kappa shape index (κ1) is 20.2. The Balaban J connectivity index is 1.88. The summed E-state index contributed by atoms with van der Waals surface area (Å²) in [6.07, 6.45) is 9.12. The molecule has 0 aliphatic heterocycles. The molecule has 2 atom stereocenters. The van der Waals surface area contributed by atoms with Gasteiger partial charge in [-0.1, -0.05) is 47.6 Å². The summed E-state index contributed by atoms with van der Waals surface area (Å²) in [6, 6.07) is 8.35. The molecule has 2 aromatic rings. The van der Waals surface area contributed by atoms with Crippen LogP contribution in [-0.2, 0) is 6.42 Å². The molecule has 0 fully saturated rings. The van der Waals surface area contributed by atoms with Crippen LogP contribution in [0.15, 0.2) is 65.4 Å². The maximum Gasteiger partial charge on any atom is 0.104 e. The highest BCUT2D eigenvalue weighted by Gasteiger charge is 2.14. The molecule has 1 heterocycles. The van der Waals surface area contributed by atoms with Gasteiger partial charge in [0, 0.05) is 17.1 Å². The minimum Gasteiger partial charge on any atom is -0.386 e. The summed E-state index contributed by atoms with van der Waals surface area (Å²) in [4.78, 5) is 3.31. The Hall–Kier alpha value is -2.10. The monoisotopic (exact) mass is 353 g/mol. The SMILES string of the molecule is CC(C)=CC(O)C(O)C(C)=CCCC(C)=CCc1c[nH]c2ccccc12. The van der Waals surface area contributed by atoms with Gasteiger partial charge in [0.15, 0.2) is 0 Å². The van der Waals surface area contributed by atoms with E-state index in [2.05, 4.69) is 42.4 Å². The van der Waals surface area contributed by atoms with Gasteiger partial charge in [-0.3, -0.25) is 0 Å². The number of allylic oxidation sites excluding steroid dienone is 4. The first-order chi connectivity index (χ1) is 12.4. The molecule has 0 aliphatic carbocycles. The van der Waals surface area contributed by atoms with Crippen LogP contribution in [0.2, 0.25) is 0 Å². The Morgan fingerprint density at radius 1 is 1.08 bits per heavy atom. The molecule has 3 nitrogen and oxygen atoms in total. The number of H-pyrrole nitrogens is 1. The highest BCUT2D eigenvalue weighted by atomic mass is 16.3. The molecule has 0 spiro atoms. The zero-order valence-corrected chi connectivity index (χ0v) is 16.3. The van der Waals surface area contributed by atoms with Gasteiger partial charge in [-0.15, -0.1) is 0 Å². The first-order valence-corrected chi connectivity index (χ1v) is 9.27. The van der Waals surface area contributed by atoms with E-state index in [9.17, 15) is 10.2 Å². The Bertz CT molecular complexity index is 806. The molecule has 3 N–H and O–H groups in total. The van der Waals surface area contributed by atoms with Gasteiger partial charge in [0.1, 0.15) is 12.2 Å². The van der Waals surface area contributed by atoms with Gasteiger partial charge in [-0.25, -0.2) is 0 Å². The normalized spacial score (nSPS) is 15.2. The predicted octanol–water partition coefficient (Wildman–Crippen LogP) is 5.07. The summed E-state index contributed by atoms with van der Waals surface area (Å²) >= 11 is 0. The number of hydrogen-bond acceptors (Lipinski definition) is 2. The minimum absolute atomic E-state index is 0.819. The molecular weight excluding hydrogens is 322 g/mol. The van der Waals surface area contributed by atoms with E-state index in [4.69, 9.17) is 0 Å². The average Bonchev–Trinajstić information content (AvgIpc) is 3.01. The lowest BCUT2D eigenvalue weighted by Gasteiger charge is -2.16. The second-order valence-corrected chi connectivity index (χ2v) is 7.28. The summed E-state index contributed by atoms with van der Waals surface area (Å²) in [7, 11) is 0. The van der Waals surface area contributed by atoms with E-state index in [1.807, 2.05) is 32.9 Å². The first-order valence-electron chi connectivity index (χ1n) is 9.27. The summed E-state index contributed by atoms with van der Waals surface area (Å²) in [5.41, 5.74) is 5.64. The molecule has 1 aromatic carbocycles. The van der Waals surface area contributed by atoms with Crippen LogP contribution in [0.3, 0.4) is 0 Å². The van der Waals surface area contributed by atoms with Crippen LogP contribution < -0.4 is 0 Å². The van der Waals surface area contributed by atoms with Crippen LogP contribution in [0.25, 0.3) is 10.9 Å². The van der Waals surface area contributed by atoms with Gasteiger partial charge in [0.2, 0.25) is 0 Å². The standard InChI is InChI=1S/C23H31NO2/c1-16(2)14-22(25)23(26)18(4)9-7-8-17(3)12-13-19-15-24-21-11-6-5-10-20(19)21/h5-6,9-12,14-15,22-26H,7-8,13H2,1-4H3. The molecule has 2 rings (SSSR count). The van der Waals surface area contributed by atoms with E-state index < -0.39 is 12.2 Å². The third-order valence-corrected chi connectivity index (χ3v) is 4.64. The van der Waals surface area contributed by atoms with Crippen LogP contribution >= 0.6 is 0 Å². The maximum atomic E-state index is 10.1. The van der Waals surface area contributed by atoms with Crippen molar-refractivity contribution >= 4 is 10.9 Å². The van der Waals surface area contributed by atoms with E-state index in [1.165, 1.54) is 22.0 Å². The number of benzene rings is 1. The molecule has 0 saturated heterocycles. The molecule has 1 aromatic heterocycles. The van der Waals surface area contributed by atoms with Crippen molar-refractivity contribution in [3.8, 4) is 0 Å². The second-order valence-electron chi connectivity index (χ2n) is 7.28. The lowest BCUT2D eigenvalue weighted by Crippen LogP contribution is -2.25. The number of fused-ring (bicyclic) bond motifs is 1. The summed E-state index contributed by atoms with van der Waals surface area (Å²) < 4.78 is 0. The van der Waals surface area contributed by atoms with Crippen LogP contribution in [0.4, 0.5) is 0 Å². The quantitative estimate of drug-likeness (QED) is 0.580. The highest BCUT2D eigenvalue weighted by Crippen LogP contribution is 2.19. The second kappa shape index (κ2) is 9.56. The van der Waals surface area contributed by atoms with Crippen molar-refractivity contribution in [3.05, 3.63) is 71.0 Å². The average molecular weight is 354 g/mol. The Morgan fingerprint density at radius 2 is 1.81 bits per heavy atom. The molecule has 0 bridgehead atoms. The van der Waals surface area contributed by atoms with Gasteiger partial charge in [-0.05, 0) is 64.2 Å². The number of aliphatic hydroxyl groups is 2. The third kappa shape index (κ3) is 5.72. The minimum atomic E-state index is -0.838. The fourth-order valence-electron chi connectivity index (χ4n) is 3.04. The fourth-order valence-corrected chi connectivity index (χ4v) is 3.04. The van der Waals surface area contributed by atoms with E-state index >= 15 is 0 Å². The predicted molar refractivity (Wildman–Crippen MR) is 110 cm³/mol. The van der Waals surface area contributed by atoms with E-state index in [-0.39, 0.29) is 0 Å². The van der Waals surface area contributed by atoms with E-state index in [1.54, 1.807) is 6.08 Å². The zero-order valence-electron chi connectivity index (χ0n) is 16.3. The number of nitrogens with one attached hydrogen (secondary N) is 1. The molecule has 0 radical (unpaired) electrons. The van der Waals surface area contributed by atoms with Crippen molar-refractivity contribution in [3.63, 3.8) is 0 Å². The number of aromatic amines is 1. The van der Waals surface area contributed by atoms with Crippen LogP contribution in [0.1, 0.15) is 46.1 Å². The Morgan fingerprint density at radius 3 is 2.54 bits per heavy atom. The number of para-hydroxylation sites is 1. The van der Waals surface area contributed by atoms with Crippen molar-refractivity contribution in [2.45, 2.75) is 59.2 Å². The number of rotatable bonds is 8. The van der Waals surface area contributed by atoms with E-state index in [0.29, 0.717) is 0 Å². The van der Waals surface area contributed by atoms with Gasteiger partial charge >= 0.3 is 0 Å². The molecule has 0 saturated carbocycles. The van der Waals surface area contributed by atoms with Crippen molar-refractivity contribution in [1.29, 1.82) is 0 Å². The lowest BCUT2D eigenvalue weighted by molar-refractivity contribution is 0.0725. The zero-order chi connectivity index (χ0) is 19.1. The number of hydrogen-bond donors (Lipinski definition) is 3. The maximum absolute atomic E-state index is 10.1. The van der Waals surface area contributed by atoms with Crippen LogP contribution in [0.5, 0.6) is 0 Å². The topological polar surface area (TPSA) is 56.2 Å². The molecule has 0 amide bonds. The van der Waals surface area contributed by atoms with Gasteiger partial charge in [0.25, 0.3) is 0 Å². The lowest BCUT2D eigenvalue weighted by atomic mass is 10.0. The van der Waals surface area contributed by atoms with Crippen molar-refractivity contribution in [2.75, 3.05) is 0 Å². The number of aliphatic hydroxyl groups excluding tert-OH is 2. The largest absolute Gasteiger partial charge is 0.386 e. The van der Waals surface area contributed by atoms with Crippen LogP contribution in [0, 0.1) is 0 Å². The Kier molecular flexibility index (Phi) is 7.43. The molecule has 0 aliphatic rings. The van der Waals surface area contributed by atoms with Crippen LogP contribution in [-0.4, -0.2) is 27.4 Å². The molecule has 140 valence electrons. The Labute approximate surface area is 156 Å². The molecular formula is C23H31NO2. The van der Waals surface area contributed by atoms with Crippen molar-refractivity contribution in [1.82, 2.24) is 4.98 Å². The highest BCUT2D eigenvalue weighted by molar-refractivity contribution is 5.83. The van der Waals surface area contributed by atoms with Crippen molar-refractivity contribution < 1.29 is 10.2 Å². The summed E-state index contributed by atoms with van der Waals surface area (Å²) in [5.74, 6) is 0. The summed E-state index contributed by atoms with van der Waals surface area (Å²) in [5, 5.41) is 21.4. The number of aromatic nitrogens is 1. The van der Waals surface area contributed by atoms with Gasteiger partial charge < -0.3 is 15.2 Å². The molecule has 3 heteroatoms. The van der Waals surface area contributed by atoms with Gasteiger partial charge in [-0.2, -0.15) is 0 Å². The van der Waals surface area contributed by atoms with Gasteiger partial charge in [0.05, 0.1) is 0 Å².